The molecule has 0 aliphatic carbocycles. The van der Waals surface area contributed by atoms with E-state index in [-0.39, 0.29) is 16.6 Å². The van der Waals surface area contributed by atoms with E-state index in [4.69, 9.17) is 0 Å². The van der Waals surface area contributed by atoms with Gasteiger partial charge in [-0.25, -0.2) is 0 Å². The molecule has 1 atom stereocenters. The summed E-state index contributed by atoms with van der Waals surface area (Å²) in [4.78, 5) is 20.4. The van der Waals surface area contributed by atoms with Gasteiger partial charge in [-0.2, -0.15) is 9.98 Å². The molecule has 1 aliphatic heterocycles. The molecule has 2 rings (SSSR count). The highest BCUT2D eigenvalue weighted by atomic mass is 16.5. The van der Waals surface area contributed by atoms with Gasteiger partial charge in [0.05, 0.1) is 6.33 Å². The third kappa shape index (κ3) is 0.769. The normalized spacial score (nSPS) is 21.9. The number of nitrogens with zero attached hydrogens (tertiary/aromatic N) is 2. The molecule has 1 amide bonds. The van der Waals surface area contributed by atoms with E-state index in [1.54, 1.807) is 0 Å². The lowest BCUT2D eigenvalue weighted by atomic mass is 10.4. The number of rotatable bonds is 0. The fourth-order valence-electron chi connectivity index (χ4n) is 0.887. The molecule has 0 bridgehead atoms. The van der Waals surface area contributed by atoms with Crippen molar-refractivity contribution in [2.24, 2.45) is 4.99 Å². The number of hydrogen-bond acceptors (Lipinski definition) is 3. The number of hydroxylamine groups is 1. The second-order valence-electron chi connectivity index (χ2n) is 2.05. The molecule has 56 valence electrons. The van der Waals surface area contributed by atoms with E-state index in [9.17, 15) is 10.0 Å². The highest BCUT2D eigenvalue weighted by Gasteiger charge is 2.22. The van der Waals surface area contributed by atoms with Crippen LogP contribution in [0.3, 0.4) is 0 Å². The van der Waals surface area contributed by atoms with E-state index >= 15 is 0 Å². The van der Waals surface area contributed by atoms with Crippen LogP contribution in [-0.4, -0.2) is 22.2 Å². The van der Waals surface area contributed by atoms with E-state index in [1.165, 1.54) is 6.33 Å². The Morgan fingerprint density at radius 2 is 2.45 bits per heavy atom. The maximum Gasteiger partial charge on any atom is 0.306 e. The summed E-state index contributed by atoms with van der Waals surface area (Å²) in [6.45, 7) is 0. The van der Waals surface area contributed by atoms with Crippen molar-refractivity contribution in [3.63, 3.8) is 0 Å². The van der Waals surface area contributed by atoms with E-state index in [1.807, 2.05) is 0 Å². The molecule has 1 aromatic rings. The van der Waals surface area contributed by atoms with Gasteiger partial charge in [0.1, 0.15) is 0 Å². The molecule has 2 N–H and O–H groups in total. The van der Waals surface area contributed by atoms with Gasteiger partial charge in [-0.3, -0.25) is 9.86 Å². The Balaban J connectivity index is 2.59. The number of amides is 1. The van der Waals surface area contributed by atoms with Crippen LogP contribution in [0.5, 0.6) is 0 Å². The number of carbonyl (C=O) groups excluding carboxylic acids is 1. The van der Waals surface area contributed by atoms with Gasteiger partial charge in [-0.05, 0) is 0 Å². The molecular weight excluding hydrogens is 148 g/mol. The van der Waals surface area contributed by atoms with Crippen LogP contribution in [0, 0.1) is 5.21 Å². The van der Waals surface area contributed by atoms with E-state index in [0.717, 1.165) is 6.34 Å². The fourth-order valence-corrected chi connectivity index (χ4v) is 0.887. The second-order valence-corrected chi connectivity index (χ2v) is 2.05. The monoisotopic (exact) mass is 152 g/mol. The first-order chi connectivity index (χ1) is 5.29. The Bertz CT molecular complexity index is 329. The zero-order valence-corrected chi connectivity index (χ0v) is 5.37. The van der Waals surface area contributed by atoms with Crippen LogP contribution < -0.4 is 5.06 Å². The topological polar surface area (TPSA) is 85.6 Å². The van der Waals surface area contributed by atoms with Gasteiger partial charge in [0.15, 0.2) is 12.0 Å². The van der Waals surface area contributed by atoms with Crippen molar-refractivity contribution in [3.8, 4) is 0 Å². The first-order valence-electron chi connectivity index (χ1n) is 2.95. The SMILES string of the molecule is O=C1N=C[NH+]([O-])c2nc[nH]c21. The molecule has 1 aliphatic rings. The molecule has 0 aromatic carbocycles. The first kappa shape index (κ1) is 6.20. The van der Waals surface area contributed by atoms with E-state index < -0.39 is 5.91 Å². The van der Waals surface area contributed by atoms with Crippen molar-refractivity contribution in [1.29, 1.82) is 0 Å². The number of hydrogen-bond donors (Lipinski definition) is 2. The van der Waals surface area contributed by atoms with E-state index in [0.29, 0.717) is 0 Å². The second kappa shape index (κ2) is 1.97. The lowest BCUT2D eigenvalue weighted by molar-refractivity contribution is -0.663. The standard InChI is InChI=1S/C5H4N4O2/c10-5-3-4(7-1-6-3)9(11)2-8-5/h1-2,9H,(H,6,7). The quantitative estimate of drug-likeness (QED) is 0.448. The van der Waals surface area contributed by atoms with Gasteiger partial charge in [0.2, 0.25) is 0 Å². The number of nitrogens with one attached hydrogen (secondary N) is 2. The summed E-state index contributed by atoms with van der Waals surface area (Å²) in [5.74, 6) is -0.290. The van der Waals surface area contributed by atoms with Crippen molar-refractivity contribution in [2.45, 2.75) is 0 Å². The summed E-state index contributed by atoms with van der Waals surface area (Å²) in [6, 6.07) is 0. The summed E-state index contributed by atoms with van der Waals surface area (Å²) in [5, 5.41) is 10.6. The predicted octanol–water partition coefficient (Wildman–Crippen LogP) is -1.39. The lowest BCUT2D eigenvalue weighted by Crippen LogP contribution is -3.02. The van der Waals surface area contributed by atoms with Gasteiger partial charge in [-0.15, -0.1) is 0 Å². The highest BCUT2D eigenvalue weighted by molar-refractivity contribution is 6.01. The number of fused-ring (bicyclic) bond motifs is 1. The van der Waals surface area contributed by atoms with Crippen LogP contribution in [0.25, 0.3) is 0 Å². The Morgan fingerprint density at radius 3 is 3.18 bits per heavy atom. The van der Waals surface area contributed by atoms with Crippen molar-refractivity contribution in [1.82, 2.24) is 9.97 Å². The zero-order valence-electron chi connectivity index (χ0n) is 5.37. The zero-order chi connectivity index (χ0) is 7.84. The van der Waals surface area contributed by atoms with Crippen LogP contribution in [-0.2, 0) is 0 Å². The molecule has 6 heteroatoms. The van der Waals surface area contributed by atoms with Gasteiger partial charge in [-0.1, -0.05) is 0 Å². The maximum atomic E-state index is 10.9. The number of aromatic amines is 1. The number of H-pyrrole nitrogens is 1. The number of imidazole rings is 1. The minimum absolute atomic E-state index is 0.157. The molecular formula is C5H4N4O2. The van der Waals surface area contributed by atoms with Crippen molar-refractivity contribution in [2.75, 3.05) is 0 Å². The smallest absolute Gasteiger partial charge is 0.306 e. The van der Waals surface area contributed by atoms with Gasteiger partial charge in [0, 0.05) is 0 Å². The number of quaternary nitrogens is 1. The molecule has 1 unspecified atom stereocenters. The van der Waals surface area contributed by atoms with Crippen LogP contribution in [0.2, 0.25) is 0 Å². The van der Waals surface area contributed by atoms with Gasteiger partial charge < -0.3 is 10.2 Å². The Hall–Kier alpha value is -1.53. The Labute approximate surface area is 61.1 Å². The third-order valence-electron chi connectivity index (χ3n) is 1.39. The lowest BCUT2D eigenvalue weighted by Gasteiger charge is -2.15. The van der Waals surface area contributed by atoms with Crippen molar-refractivity contribution in [3.05, 3.63) is 17.2 Å². The number of carbonyl (C=O) groups is 1. The van der Waals surface area contributed by atoms with Crippen molar-refractivity contribution < 1.29 is 9.86 Å². The van der Waals surface area contributed by atoms with Gasteiger partial charge >= 0.3 is 5.91 Å². The molecule has 0 radical (unpaired) electrons. The summed E-state index contributed by atoms with van der Waals surface area (Å²) in [5.41, 5.74) is 0.178. The molecule has 0 saturated heterocycles. The van der Waals surface area contributed by atoms with Crippen molar-refractivity contribution >= 4 is 18.1 Å². The van der Waals surface area contributed by atoms with Crippen LogP contribution in [0.1, 0.15) is 10.5 Å². The maximum absolute atomic E-state index is 10.9. The number of aromatic nitrogens is 2. The van der Waals surface area contributed by atoms with Crippen LogP contribution >= 0.6 is 0 Å². The van der Waals surface area contributed by atoms with Crippen LogP contribution in [0.4, 0.5) is 5.82 Å². The molecule has 0 fully saturated rings. The molecule has 0 saturated carbocycles. The summed E-state index contributed by atoms with van der Waals surface area (Å²) < 4.78 is 0. The van der Waals surface area contributed by atoms with E-state index in [2.05, 4.69) is 15.0 Å². The number of aliphatic imine (C=N–C) groups is 1. The average Bonchev–Trinajstić information content (AvgIpc) is 2.45. The largest absolute Gasteiger partial charge is 0.621 e. The molecule has 2 heterocycles. The Morgan fingerprint density at radius 1 is 1.64 bits per heavy atom. The minimum atomic E-state index is -0.447. The highest BCUT2D eigenvalue weighted by Crippen LogP contribution is 2.06. The fraction of sp³-hybridized carbons (Fsp3) is 0. The third-order valence-corrected chi connectivity index (χ3v) is 1.39. The average molecular weight is 152 g/mol. The van der Waals surface area contributed by atoms with Gasteiger partial charge in [0.25, 0.3) is 5.82 Å². The first-order valence-corrected chi connectivity index (χ1v) is 2.95. The predicted molar refractivity (Wildman–Crippen MR) is 35.4 cm³/mol. The van der Waals surface area contributed by atoms with Crippen LogP contribution in [0.15, 0.2) is 11.3 Å². The summed E-state index contributed by atoms with van der Waals surface area (Å²) in [6.07, 6.45) is 2.28. The molecule has 6 nitrogen and oxygen atoms in total. The minimum Gasteiger partial charge on any atom is -0.621 e. The Kier molecular flexibility index (Phi) is 1.11. The molecule has 1 aromatic heterocycles. The molecule has 0 spiro atoms. The molecule has 11 heavy (non-hydrogen) atoms. The summed E-state index contributed by atoms with van der Waals surface area (Å²) in [7, 11) is 0. The summed E-state index contributed by atoms with van der Waals surface area (Å²) >= 11 is 0.